The summed E-state index contributed by atoms with van der Waals surface area (Å²) in [5, 5.41) is 4.34. The Labute approximate surface area is 126 Å². The van der Waals surface area contributed by atoms with E-state index in [0.29, 0.717) is 24.7 Å². The van der Waals surface area contributed by atoms with Gasteiger partial charge in [-0.3, -0.25) is 9.48 Å². The lowest BCUT2D eigenvalue weighted by Gasteiger charge is -2.16. The first-order valence-corrected chi connectivity index (χ1v) is 7.53. The number of Topliss-reactive ketones (excluding diaryl/α,β-unsaturated/α-hetero) is 1. The molecule has 2 rings (SSSR count). The van der Waals surface area contributed by atoms with E-state index in [2.05, 4.69) is 23.3 Å². The molecule has 0 saturated heterocycles. The number of hydrogen-bond acceptors (Lipinski definition) is 3. The fraction of sp³-hybridized carbons (Fsp3) is 0.529. The quantitative estimate of drug-likeness (QED) is 0.774. The second-order valence-electron chi connectivity index (χ2n) is 5.83. The van der Waals surface area contributed by atoms with E-state index in [9.17, 15) is 4.79 Å². The summed E-state index contributed by atoms with van der Waals surface area (Å²) in [6.45, 7) is 5.33. The zero-order chi connectivity index (χ0) is 15.2. The third-order valence-electron chi connectivity index (χ3n) is 3.75. The van der Waals surface area contributed by atoms with Crippen molar-refractivity contribution < 1.29 is 9.53 Å². The van der Waals surface area contributed by atoms with E-state index >= 15 is 0 Å². The molecule has 114 valence electrons. The van der Waals surface area contributed by atoms with Crippen LogP contribution in [0.25, 0.3) is 5.57 Å². The van der Waals surface area contributed by atoms with Crippen molar-refractivity contribution in [3.05, 3.63) is 36.2 Å². The Bertz CT molecular complexity index is 541. The number of carbonyl (C=O) groups excluding carboxylic acids is 1. The molecule has 1 aromatic heterocycles. The van der Waals surface area contributed by atoms with Gasteiger partial charge in [0.05, 0.1) is 19.3 Å². The Hall–Kier alpha value is -1.68. The topological polar surface area (TPSA) is 44.1 Å². The molecule has 0 aromatic carbocycles. The summed E-state index contributed by atoms with van der Waals surface area (Å²) in [6.07, 6.45) is 12.0. The highest BCUT2D eigenvalue weighted by molar-refractivity contribution is 5.82. The third-order valence-corrected chi connectivity index (χ3v) is 3.75. The molecule has 0 saturated carbocycles. The molecule has 1 aliphatic rings. The van der Waals surface area contributed by atoms with E-state index in [1.165, 1.54) is 0 Å². The van der Waals surface area contributed by atoms with Crippen molar-refractivity contribution in [1.82, 2.24) is 9.78 Å². The fourth-order valence-corrected chi connectivity index (χ4v) is 2.40. The van der Waals surface area contributed by atoms with Gasteiger partial charge in [-0.1, -0.05) is 32.1 Å². The van der Waals surface area contributed by atoms with Gasteiger partial charge in [-0.15, -0.1) is 0 Å². The van der Waals surface area contributed by atoms with Crippen LogP contribution in [0.5, 0.6) is 0 Å². The number of ketones is 1. The molecule has 0 radical (unpaired) electrons. The average molecular weight is 288 g/mol. The first-order chi connectivity index (χ1) is 10.1. The van der Waals surface area contributed by atoms with Crippen LogP contribution >= 0.6 is 0 Å². The summed E-state index contributed by atoms with van der Waals surface area (Å²) in [7, 11) is 1.69. The van der Waals surface area contributed by atoms with Crippen molar-refractivity contribution in [1.29, 1.82) is 0 Å². The van der Waals surface area contributed by atoms with Gasteiger partial charge in [0, 0.05) is 31.2 Å². The van der Waals surface area contributed by atoms with Crippen LogP contribution in [0.1, 0.15) is 32.3 Å². The van der Waals surface area contributed by atoms with Crippen LogP contribution < -0.4 is 0 Å². The molecular formula is C17H24N2O2. The Morgan fingerprint density at radius 3 is 3.05 bits per heavy atom. The van der Waals surface area contributed by atoms with Gasteiger partial charge in [0.2, 0.25) is 0 Å². The Morgan fingerprint density at radius 2 is 2.33 bits per heavy atom. The zero-order valence-corrected chi connectivity index (χ0v) is 13.1. The lowest BCUT2D eigenvalue weighted by atomic mass is 9.88. The van der Waals surface area contributed by atoms with Gasteiger partial charge < -0.3 is 4.74 Å². The summed E-state index contributed by atoms with van der Waals surface area (Å²) in [6, 6.07) is 0. The van der Waals surface area contributed by atoms with E-state index in [1.807, 2.05) is 30.9 Å². The lowest BCUT2D eigenvalue weighted by Crippen LogP contribution is -2.13. The maximum Gasteiger partial charge on any atom is 0.136 e. The molecule has 0 aliphatic heterocycles. The summed E-state index contributed by atoms with van der Waals surface area (Å²) >= 11 is 0. The number of ether oxygens (including phenoxy) is 1. The van der Waals surface area contributed by atoms with Gasteiger partial charge in [-0.2, -0.15) is 5.10 Å². The summed E-state index contributed by atoms with van der Waals surface area (Å²) < 4.78 is 6.94. The van der Waals surface area contributed by atoms with Crippen LogP contribution in [0.2, 0.25) is 0 Å². The van der Waals surface area contributed by atoms with E-state index in [-0.39, 0.29) is 5.92 Å². The van der Waals surface area contributed by atoms with Crippen molar-refractivity contribution in [2.45, 2.75) is 33.2 Å². The molecule has 1 aromatic rings. The first-order valence-electron chi connectivity index (χ1n) is 7.53. The molecule has 1 unspecified atom stereocenters. The molecule has 1 atom stereocenters. The van der Waals surface area contributed by atoms with Gasteiger partial charge in [-0.25, -0.2) is 0 Å². The predicted octanol–water partition coefficient (Wildman–Crippen LogP) is 3.10. The number of nitrogens with zero attached hydrogens (tertiary/aromatic N) is 2. The predicted molar refractivity (Wildman–Crippen MR) is 83.8 cm³/mol. The van der Waals surface area contributed by atoms with Crippen LogP contribution in [0.15, 0.2) is 30.6 Å². The highest BCUT2D eigenvalue weighted by Crippen LogP contribution is 2.27. The molecule has 1 heterocycles. The standard InChI is InChI=1S/C17H24N2O2/c1-13(2)17(20)10-14-5-4-6-15(9-14)16-11-18-19(12-16)7-8-21-3/h4,6,9,11-14H,5,7-8,10H2,1-3H3. The SMILES string of the molecule is COCCn1cc(C2=CC(CC(=O)C(C)C)CC=C2)cn1. The third kappa shape index (κ3) is 4.39. The van der Waals surface area contributed by atoms with Crippen LogP contribution in [0.4, 0.5) is 0 Å². The van der Waals surface area contributed by atoms with Crippen LogP contribution in [0.3, 0.4) is 0 Å². The molecule has 0 bridgehead atoms. The highest BCUT2D eigenvalue weighted by Gasteiger charge is 2.17. The number of hydrogen-bond donors (Lipinski definition) is 0. The second-order valence-corrected chi connectivity index (χ2v) is 5.83. The molecular weight excluding hydrogens is 264 g/mol. The molecule has 21 heavy (non-hydrogen) atoms. The molecule has 0 amide bonds. The molecule has 1 aliphatic carbocycles. The number of methoxy groups -OCH3 is 1. The zero-order valence-electron chi connectivity index (χ0n) is 13.1. The Balaban J connectivity index is 2.04. The Morgan fingerprint density at radius 1 is 1.52 bits per heavy atom. The van der Waals surface area contributed by atoms with Crippen molar-refractivity contribution in [3.63, 3.8) is 0 Å². The van der Waals surface area contributed by atoms with E-state index < -0.39 is 0 Å². The van der Waals surface area contributed by atoms with Crippen LogP contribution in [-0.2, 0) is 16.1 Å². The van der Waals surface area contributed by atoms with Crippen molar-refractivity contribution in [2.75, 3.05) is 13.7 Å². The van der Waals surface area contributed by atoms with Gasteiger partial charge >= 0.3 is 0 Å². The molecule has 4 heteroatoms. The summed E-state index contributed by atoms with van der Waals surface area (Å²) in [5.74, 6) is 0.758. The van der Waals surface area contributed by atoms with Gasteiger partial charge in [-0.05, 0) is 17.9 Å². The minimum Gasteiger partial charge on any atom is -0.383 e. The number of rotatable bonds is 7. The van der Waals surface area contributed by atoms with Crippen LogP contribution in [-0.4, -0.2) is 29.3 Å². The minimum absolute atomic E-state index is 0.115. The van der Waals surface area contributed by atoms with Crippen molar-refractivity contribution in [2.24, 2.45) is 11.8 Å². The van der Waals surface area contributed by atoms with Gasteiger partial charge in [0.15, 0.2) is 0 Å². The molecule has 0 spiro atoms. The van der Waals surface area contributed by atoms with Gasteiger partial charge in [0.1, 0.15) is 5.78 Å². The number of carbonyl (C=O) groups is 1. The average Bonchev–Trinajstić information content (AvgIpc) is 2.94. The monoisotopic (exact) mass is 288 g/mol. The van der Waals surface area contributed by atoms with E-state index in [0.717, 1.165) is 24.1 Å². The molecule has 0 fully saturated rings. The highest BCUT2D eigenvalue weighted by atomic mass is 16.5. The summed E-state index contributed by atoms with van der Waals surface area (Å²) in [5.41, 5.74) is 2.26. The molecule has 4 nitrogen and oxygen atoms in total. The number of aromatic nitrogens is 2. The molecule has 0 N–H and O–H groups in total. The van der Waals surface area contributed by atoms with Crippen LogP contribution in [0, 0.1) is 11.8 Å². The smallest absolute Gasteiger partial charge is 0.136 e. The largest absolute Gasteiger partial charge is 0.383 e. The van der Waals surface area contributed by atoms with Crippen molar-refractivity contribution >= 4 is 11.4 Å². The Kier molecular flexibility index (Phi) is 5.51. The minimum atomic E-state index is 0.115. The van der Waals surface area contributed by atoms with E-state index in [4.69, 9.17) is 4.74 Å². The normalized spacial score (nSPS) is 18.1. The maximum absolute atomic E-state index is 11.9. The van der Waals surface area contributed by atoms with Gasteiger partial charge in [0.25, 0.3) is 0 Å². The second kappa shape index (κ2) is 7.36. The fourth-order valence-electron chi connectivity index (χ4n) is 2.40. The van der Waals surface area contributed by atoms with Crippen molar-refractivity contribution in [3.8, 4) is 0 Å². The summed E-state index contributed by atoms with van der Waals surface area (Å²) in [4.78, 5) is 11.9. The first kappa shape index (κ1) is 15.7. The van der Waals surface area contributed by atoms with E-state index in [1.54, 1.807) is 7.11 Å². The number of allylic oxidation sites excluding steroid dienone is 4. The lowest BCUT2D eigenvalue weighted by molar-refractivity contribution is -0.122. The maximum atomic E-state index is 11.9.